The molecule has 0 aromatic heterocycles. The van der Waals surface area contributed by atoms with Gasteiger partial charge in [-0.15, -0.1) is 0 Å². The highest BCUT2D eigenvalue weighted by Crippen LogP contribution is 2.21. The second kappa shape index (κ2) is 4.78. The van der Waals surface area contributed by atoms with E-state index in [-0.39, 0.29) is 7.43 Å². The van der Waals surface area contributed by atoms with Crippen LogP contribution in [0.1, 0.15) is 13.0 Å². The molecule has 1 rings (SSSR count). The molecule has 0 bridgehead atoms. The SMILES string of the molecule is C.Cc1c(Cl)cccc1NC=O. The molecule has 0 saturated heterocycles. The summed E-state index contributed by atoms with van der Waals surface area (Å²) in [4.78, 5) is 10.1. The molecule has 1 aromatic rings. The molecule has 3 heteroatoms. The second-order valence-electron chi connectivity index (χ2n) is 2.17. The van der Waals surface area contributed by atoms with Crippen molar-refractivity contribution in [2.75, 3.05) is 5.32 Å². The number of anilines is 1. The number of carbonyl (C=O) groups is 1. The fourth-order valence-electron chi connectivity index (χ4n) is 0.827. The third kappa shape index (κ3) is 2.24. The quantitative estimate of drug-likeness (QED) is 0.706. The molecular formula is C9H12ClNO. The summed E-state index contributed by atoms with van der Waals surface area (Å²) in [5.74, 6) is 0. The molecule has 66 valence electrons. The fraction of sp³-hybridized carbons (Fsp3) is 0.222. The fourth-order valence-corrected chi connectivity index (χ4v) is 1.00. The van der Waals surface area contributed by atoms with Gasteiger partial charge >= 0.3 is 0 Å². The Kier molecular flexibility index (Phi) is 4.37. The number of rotatable bonds is 2. The first-order valence-corrected chi connectivity index (χ1v) is 3.59. The second-order valence-corrected chi connectivity index (χ2v) is 2.58. The number of carbonyl (C=O) groups excluding carboxylic acids is 1. The highest BCUT2D eigenvalue weighted by Gasteiger charge is 1.98. The Bertz CT molecular complexity index is 273. The predicted octanol–water partition coefficient (Wildman–Crippen LogP) is 2.85. The van der Waals surface area contributed by atoms with E-state index < -0.39 is 0 Å². The molecule has 12 heavy (non-hydrogen) atoms. The van der Waals surface area contributed by atoms with E-state index in [0.29, 0.717) is 11.4 Å². The van der Waals surface area contributed by atoms with Gasteiger partial charge in [0.1, 0.15) is 0 Å². The van der Waals surface area contributed by atoms with E-state index in [4.69, 9.17) is 11.6 Å². The minimum absolute atomic E-state index is 0. The summed E-state index contributed by atoms with van der Waals surface area (Å²) in [7, 11) is 0. The lowest BCUT2D eigenvalue weighted by Crippen LogP contribution is -1.95. The van der Waals surface area contributed by atoms with Gasteiger partial charge in [-0.3, -0.25) is 4.79 Å². The number of hydrogen-bond acceptors (Lipinski definition) is 1. The summed E-state index contributed by atoms with van der Waals surface area (Å²) in [5, 5.41) is 3.22. The van der Waals surface area contributed by atoms with Crippen molar-refractivity contribution in [1.82, 2.24) is 0 Å². The van der Waals surface area contributed by atoms with Crippen molar-refractivity contribution < 1.29 is 4.79 Å². The van der Waals surface area contributed by atoms with Gasteiger partial charge in [-0.05, 0) is 24.6 Å². The molecule has 0 radical (unpaired) electrons. The normalized spacial score (nSPS) is 8.50. The van der Waals surface area contributed by atoms with Crippen molar-refractivity contribution in [3.8, 4) is 0 Å². The van der Waals surface area contributed by atoms with E-state index in [1.807, 2.05) is 6.92 Å². The van der Waals surface area contributed by atoms with Gasteiger partial charge in [-0.1, -0.05) is 25.1 Å². The molecule has 0 spiro atoms. The van der Waals surface area contributed by atoms with Crippen LogP contribution in [0.5, 0.6) is 0 Å². The highest BCUT2D eigenvalue weighted by molar-refractivity contribution is 6.31. The van der Waals surface area contributed by atoms with Crippen LogP contribution in [0.2, 0.25) is 5.02 Å². The van der Waals surface area contributed by atoms with Gasteiger partial charge in [0.15, 0.2) is 0 Å². The molecule has 0 fully saturated rings. The minimum atomic E-state index is 0. The van der Waals surface area contributed by atoms with Gasteiger partial charge in [-0.25, -0.2) is 0 Å². The van der Waals surface area contributed by atoms with Crippen molar-refractivity contribution in [3.63, 3.8) is 0 Å². The van der Waals surface area contributed by atoms with Crippen LogP contribution in [0.15, 0.2) is 18.2 Å². The summed E-state index contributed by atoms with van der Waals surface area (Å²) in [5.41, 5.74) is 1.65. The maximum Gasteiger partial charge on any atom is 0.211 e. The number of hydrogen-bond donors (Lipinski definition) is 1. The van der Waals surface area contributed by atoms with Crippen LogP contribution in [-0.4, -0.2) is 6.41 Å². The van der Waals surface area contributed by atoms with E-state index in [2.05, 4.69) is 5.32 Å². The van der Waals surface area contributed by atoms with Crippen molar-refractivity contribution >= 4 is 23.7 Å². The Morgan fingerprint density at radius 2 is 2.17 bits per heavy atom. The summed E-state index contributed by atoms with van der Waals surface area (Å²) < 4.78 is 0. The Hall–Kier alpha value is -1.02. The van der Waals surface area contributed by atoms with E-state index in [1.54, 1.807) is 18.2 Å². The van der Waals surface area contributed by atoms with Gasteiger partial charge in [-0.2, -0.15) is 0 Å². The lowest BCUT2D eigenvalue weighted by Gasteiger charge is -2.03. The predicted molar refractivity (Wildman–Crippen MR) is 52.6 cm³/mol. The molecule has 0 aliphatic rings. The average Bonchev–Trinajstić information content (AvgIpc) is 1.99. The van der Waals surface area contributed by atoms with E-state index >= 15 is 0 Å². The summed E-state index contributed by atoms with van der Waals surface area (Å²) in [6.45, 7) is 1.86. The molecule has 0 aliphatic heterocycles. The summed E-state index contributed by atoms with van der Waals surface area (Å²) >= 11 is 5.79. The van der Waals surface area contributed by atoms with Crippen LogP contribution in [-0.2, 0) is 4.79 Å². The molecule has 2 nitrogen and oxygen atoms in total. The average molecular weight is 186 g/mol. The lowest BCUT2D eigenvalue weighted by atomic mass is 10.2. The zero-order chi connectivity index (χ0) is 8.27. The van der Waals surface area contributed by atoms with Crippen molar-refractivity contribution in [2.24, 2.45) is 0 Å². The largest absolute Gasteiger partial charge is 0.328 e. The van der Waals surface area contributed by atoms with Crippen molar-refractivity contribution in [3.05, 3.63) is 28.8 Å². The van der Waals surface area contributed by atoms with E-state index in [0.717, 1.165) is 11.3 Å². The van der Waals surface area contributed by atoms with Crippen molar-refractivity contribution in [1.29, 1.82) is 0 Å². The van der Waals surface area contributed by atoms with Gasteiger partial charge in [0, 0.05) is 10.7 Å². The zero-order valence-corrected chi connectivity index (χ0v) is 6.85. The first-order chi connectivity index (χ1) is 5.25. The molecule has 0 aliphatic carbocycles. The van der Waals surface area contributed by atoms with Crippen LogP contribution >= 0.6 is 11.6 Å². The third-order valence-corrected chi connectivity index (χ3v) is 1.89. The monoisotopic (exact) mass is 185 g/mol. The molecular weight excluding hydrogens is 174 g/mol. The first kappa shape index (κ1) is 11.0. The number of nitrogens with one attached hydrogen (secondary N) is 1. The molecule has 0 atom stereocenters. The standard InChI is InChI=1S/C8H8ClNO.CH4/c1-6-7(9)3-2-4-8(6)10-5-11;/h2-5H,1H3,(H,10,11);1H4. The molecule has 1 N–H and O–H groups in total. The number of halogens is 1. The summed E-state index contributed by atoms with van der Waals surface area (Å²) in [6, 6.07) is 5.38. The van der Waals surface area contributed by atoms with Crippen molar-refractivity contribution in [2.45, 2.75) is 14.4 Å². The molecule has 1 aromatic carbocycles. The Balaban J connectivity index is 0.00000121. The Labute approximate surface area is 77.5 Å². The zero-order valence-electron chi connectivity index (χ0n) is 6.10. The molecule has 0 unspecified atom stereocenters. The van der Waals surface area contributed by atoms with E-state index in [1.165, 1.54) is 0 Å². The third-order valence-electron chi connectivity index (χ3n) is 1.48. The lowest BCUT2D eigenvalue weighted by molar-refractivity contribution is -0.105. The van der Waals surface area contributed by atoms with Crippen LogP contribution in [0, 0.1) is 6.92 Å². The molecule has 0 saturated carbocycles. The minimum Gasteiger partial charge on any atom is -0.328 e. The first-order valence-electron chi connectivity index (χ1n) is 3.21. The van der Waals surface area contributed by atoms with Gasteiger partial charge in [0.2, 0.25) is 6.41 Å². The highest BCUT2D eigenvalue weighted by atomic mass is 35.5. The smallest absolute Gasteiger partial charge is 0.211 e. The number of amides is 1. The number of benzene rings is 1. The summed E-state index contributed by atoms with van der Waals surface area (Å²) in [6.07, 6.45) is 0.638. The topological polar surface area (TPSA) is 29.1 Å². The molecule has 1 amide bonds. The van der Waals surface area contributed by atoms with Crippen LogP contribution in [0.4, 0.5) is 5.69 Å². The maximum atomic E-state index is 10.1. The Morgan fingerprint density at radius 3 is 2.75 bits per heavy atom. The maximum absolute atomic E-state index is 10.1. The van der Waals surface area contributed by atoms with Gasteiger partial charge < -0.3 is 5.32 Å². The molecule has 0 heterocycles. The van der Waals surface area contributed by atoms with Gasteiger partial charge in [0.05, 0.1) is 0 Å². The van der Waals surface area contributed by atoms with Gasteiger partial charge in [0.25, 0.3) is 0 Å². The van der Waals surface area contributed by atoms with E-state index in [9.17, 15) is 4.79 Å². The Morgan fingerprint density at radius 1 is 1.50 bits per heavy atom. The van der Waals surface area contributed by atoms with Crippen LogP contribution < -0.4 is 5.32 Å². The van der Waals surface area contributed by atoms with Crippen LogP contribution in [0.25, 0.3) is 0 Å². The van der Waals surface area contributed by atoms with Crippen LogP contribution in [0.3, 0.4) is 0 Å².